The number of rotatable bonds is 7. The van der Waals surface area contributed by atoms with Crippen LogP contribution in [0, 0.1) is 0 Å². The molecule has 1 heterocycles. The largest absolute Gasteiger partial charge is 0.493 e. The molecule has 1 aromatic rings. The van der Waals surface area contributed by atoms with Gasteiger partial charge in [0.1, 0.15) is 5.75 Å². The SMILES string of the molecule is CN(CCCOc1ccc2c(c1)OCO2)CC(=O)N(C)C. The third-order valence-electron chi connectivity index (χ3n) is 3.20. The van der Waals surface area contributed by atoms with Gasteiger partial charge in [-0.1, -0.05) is 0 Å². The molecular formula is C15H22N2O4. The first-order chi connectivity index (χ1) is 10.1. The highest BCUT2D eigenvalue weighted by molar-refractivity contribution is 5.77. The molecule has 6 nitrogen and oxygen atoms in total. The van der Waals surface area contributed by atoms with Crippen LogP contribution in [0.4, 0.5) is 0 Å². The fraction of sp³-hybridized carbons (Fsp3) is 0.533. The highest BCUT2D eigenvalue weighted by atomic mass is 16.7. The first-order valence-corrected chi connectivity index (χ1v) is 6.97. The molecule has 0 saturated heterocycles. The van der Waals surface area contributed by atoms with E-state index < -0.39 is 0 Å². The van der Waals surface area contributed by atoms with Crippen LogP contribution in [-0.4, -0.2) is 63.3 Å². The van der Waals surface area contributed by atoms with Crippen LogP contribution in [0.25, 0.3) is 0 Å². The summed E-state index contributed by atoms with van der Waals surface area (Å²) in [6.07, 6.45) is 0.853. The molecule has 0 fully saturated rings. The lowest BCUT2D eigenvalue weighted by atomic mass is 10.3. The molecular weight excluding hydrogens is 272 g/mol. The molecule has 0 saturated carbocycles. The summed E-state index contributed by atoms with van der Waals surface area (Å²) in [7, 11) is 5.46. The molecule has 1 amide bonds. The summed E-state index contributed by atoms with van der Waals surface area (Å²) in [5.74, 6) is 2.35. The molecule has 0 bridgehead atoms. The maximum atomic E-state index is 11.5. The van der Waals surface area contributed by atoms with E-state index in [4.69, 9.17) is 14.2 Å². The summed E-state index contributed by atoms with van der Waals surface area (Å²) in [4.78, 5) is 15.1. The van der Waals surface area contributed by atoms with Gasteiger partial charge >= 0.3 is 0 Å². The van der Waals surface area contributed by atoms with Crippen LogP contribution in [0.5, 0.6) is 17.2 Å². The third-order valence-corrected chi connectivity index (χ3v) is 3.20. The van der Waals surface area contributed by atoms with Gasteiger partial charge in [-0.15, -0.1) is 0 Å². The topological polar surface area (TPSA) is 51.2 Å². The number of amides is 1. The standard InChI is InChI=1S/C15H22N2O4/c1-16(2)15(18)10-17(3)7-4-8-19-12-5-6-13-14(9-12)21-11-20-13/h5-6,9H,4,7-8,10-11H2,1-3H3. The molecule has 0 aromatic heterocycles. The summed E-state index contributed by atoms with van der Waals surface area (Å²) in [6.45, 7) is 2.10. The highest BCUT2D eigenvalue weighted by Gasteiger charge is 2.13. The maximum Gasteiger partial charge on any atom is 0.236 e. The Morgan fingerprint density at radius 2 is 2.00 bits per heavy atom. The summed E-state index contributed by atoms with van der Waals surface area (Å²) in [5, 5.41) is 0. The summed E-state index contributed by atoms with van der Waals surface area (Å²) >= 11 is 0. The third kappa shape index (κ3) is 4.53. The van der Waals surface area contributed by atoms with Crippen molar-refractivity contribution in [2.24, 2.45) is 0 Å². The van der Waals surface area contributed by atoms with E-state index in [1.165, 1.54) is 0 Å². The van der Waals surface area contributed by atoms with Gasteiger partial charge in [0.05, 0.1) is 13.2 Å². The zero-order valence-corrected chi connectivity index (χ0v) is 12.8. The van der Waals surface area contributed by atoms with E-state index in [-0.39, 0.29) is 12.7 Å². The van der Waals surface area contributed by atoms with Gasteiger partial charge in [0.25, 0.3) is 0 Å². The lowest BCUT2D eigenvalue weighted by molar-refractivity contribution is -0.129. The van der Waals surface area contributed by atoms with E-state index in [0.29, 0.717) is 13.2 Å². The predicted molar refractivity (Wildman–Crippen MR) is 78.9 cm³/mol. The van der Waals surface area contributed by atoms with Crippen molar-refractivity contribution in [3.05, 3.63) is 18.2 Å². The van der Waals surface area contributed by atoms with Crippen LogP contribution in [0.2, 0.25) is 0 Å². The number of likely N-dealkylation sites (N-methyl/N-ethyl adjacent to an activating group) is 2. The van der Waals surface area contributed by atoms with Gasteiger partial charge in [-0.2, -0.15) is 0 Å². The summed E-state index contributed by atoms with van der Waals surface area (Å²) < 4.78 is 16.2. The van der Waals surface area contributed by atoms with Crippen LogP contribution in [-0.2, 0) is 4.79 Å². The minimum Gasteiger partial charge on any atom is -0.493 e. The number of hydrogen-bond acceptors (Lipinski definition) is 5. The Morgan fingerprint density at radius 1 is 1.24 bits per heavy atom. The van der Waals surface area contributed by atoms with Gasteiger partial charge in [0.15, 0.2) is 11.5 Å². The number of carbonyl (C=O) groups is 1. The van der Waals surface area contributed by atoms with Gasteiger partial charge in [-0.05, 0) is 25.6 Å². The van der Waals surface area contributed by atoms with Gasteiger partial charge in [0.2, 0.25) is 12.7 Å². The normalized spacial score (nSPS) is 12.6. The molecule has 0 spiro atoms. The fourth-order valence-corrected chi connectivity index (χ4v) is 1.94. The monoisotopic (exact) mass is 294 g/mol. The molecule has 6 heteroatoms. The Hall–Kier alpha value is -1.95. The van der Waals surface area contributed by atoms with Gasteiger partial charge < -0.3 is 19.1 Å². The van der Waals surface area contributed by atoms with Crippen molar-refractivity contribution in [1.29, 1.82) is 0 Å². The van der Waals surface area contributed by atoms with Gasteiger partial charge in [-0.3, -0.25) is 9.69 Å². The number of fused-ring (bicyclic) bond motifs is 1. The molecule has 0 aliphatic carbocycles. The molecule has 1 aliphatic rings. The van der Waals surface area contributed by atoms with E-state index in [2.05, 4.69) is 0 Å². The van der Waals surface area contributed by atoms with E-state index in [1.54, 1.807) is 19.0 Å². The summed E-state index contributed by atoms with van der Waals surface area (Å²) in [6, 6.07) is 5.55. The number of ether oxygens (including phenoxy) is 3. The zero-order valence-electron chi connectivity index (χ0n) is 12.8. The van der Waals surface area contributed by atoms with Crippen molar-refractivity contribution in [3.8, 4) is 17.2 Å². The van der Waals surface area contributed by atoms with E-state index in [0.717, 1.165) is 30.2 Å². The smallest absolute Gasteiger partial charge is 0.236 e. The number of hydrogen-bond donors (Lipinski definition) is 0. The molecule has 21 heavy (non-hydrogen) atoms. The van der Waals surface area contributed by atoms with E-state index in [9.17, 15) is 4.79 Å². The number of nitrogens with zero attached hydrogens (tertiary/aromatic N) is 2. The van der Waals surface area contributed by atoms with Crippen LogP contribution < -0.4 is 14.2 Å². The predicted octanol–water partition coefficient (Wildman–Crippen LogP) is 1.20. The van der Waals surface area contributed by atoms with Crippen LogP contribution >= 0.6 is 0 Å². The molecule has 0 N–H and O–H groups in total. The lowest BCUT2D eigenvalue weighted by Crippen LogP contribution is -2.35. The molecule has 0 unspecified atom stereocenters. The number of carbonyl (C=O) groups excluding carboxylic acids is 1. The average Bonchev–Trinajstić information content (AvgIpc) is 2.90. The molecule has 2 rings (SSSR count). The number of benzene rings is 1. The van der Waals surface area contributed by atoms with Crippen LogP contribution in [0.15, 0.2) is 18.2 Å². The molecule has 0 atom stereocenters. The average molecular weight is 294 g/mol. The van der Waals surface area contributed by atoms with Crippen molar-refractivity contribution >= 4 is 5.91 Å². The molecule has 116 valence electrons. The van der Waals surface area contributed by atoms with Crippen LogP contribution in [0.1, 0.15) is 6.42 Å². The first kappa shape index (κ1) is 15.4. The Balaban J connectivity index is 1.67. The minimum atomic E-state index is 0.106. The van der Waals surface area contributed by atoms with Crippen molar-refractivity contribution in [3.63, 3.8) is 0 Å². The maximum absolute atomic E-state index is 11.5. The Labute approximate surface area is 125 Å². The second-order valence-corrected chi connectivity index (χ2v) is 5.24. The first-order valence-electron chi connectivity index (χ1n) is 6.97. The van der Waals surface area contributed by atoms with E-state index >= 15 is 0 Å². The van der Waals surface area contributed by atoms with Gasteiger partial charge in [0, 0.05) is 26.7 Å². The Morgan fingerprint density at radius 3 is 2.76 bits per heavy atom. The molecule has 1 aromatic carbocycles. The van der Waals surface area contributed by atoms with Crippen molar-refractivity contribution in [1.82, 2.24) is 9.80 Å². The molecule has 1 aliphatic heterocycles. The van der Waals surface area contributed by atoms with Crippen molar-refractivity contribution < 1.29 is 19.0 Å². The van der Waals surface area contributed by atoms with Crippen molar-refractivity contribution in [2.75, 3.05) is 47.6 Å². The van der Waals surface area contributed by atoms with Gasteiger partial charge in [-0.25, -0.2) is 0 Å². The van der Waals surface area contributed by atoms with E-state index in [1.807, 2.05) is 30.1 Å². The second-order valence-electron chi connectivity index (χ2n) is 5.24. The molecule has 0 radical (unpaired) electrons. The summed E-state index contributed by atoms with van der Waals surface area (Å²) in [5.41, 5.74) is 0. The Kier molecular flexibility index (Phi) is 5.27. The van der Waals surface area contributed by atoms with Crippen LogP contribution in [0.3, 0.4) is 0 Å². The minimum absolute atomic E-state index is 0.106. The highest BCUT2D eigenvalue weighted by Crippen LogP contribution is 2.35. The Bertz CT molecular complexity index is 491. The van der Waals surface area contributed by atoms with Crippen molar-refractivity contribution in [2.45, 2.75) is 6.42 Å². The lowest BCUT2D eigenvalue weighted by Gasteiger charge is -2.18. The quantitative estimate of drug-likeness (QED) is 0.707. The second kappa shape index (κ2) is 7.17. The zero-order chi connectivity index (χ0) is 15.2. The fourth-order valence-electron chi connectivity index (χ4n) is 1.94.